The number of carbonyl (C=O) groups excluding carboxylic acids is 1. The van der Waals surface area contributed by atoms with Gasteiger partial charge in [-0.05, 0) is 57.7 Å². The number of hydrogen-bond donors (Lipinski definition) is 2. The Labute approximate surface area is 133 Å². The molecule has 4 heteroatoms. The van der Waals surface area contributed by atoms with E-state index in [0.717, 1.165) is 24.1 Å². The van der Waals surface area contributed by atoms with E-state index in [1.807, 2.05) is 27.7 Å². The zero-order valence-corrected chi connectivity index (χ0v) is 14.2. The molecule has 2 rings (SSSR count). The van der Waals surface area contributed by atoms with E-state index in [0.29, 0.717) is 6.54 Å². The van der Waals surface area contributed by atoms with Crippen LogP contribution in [-0.2, 0) is 10.2 Å². The number of amides is 1. The van der Waals surface area contributed by atoms with Crippen LogP contribution >= 0.6 is 0 Å². The van der Waals surface area contributed by atoms with Gasteiger partial charge in [0.25, 0.3) is 0 Å². The zero-order valence-electron chi connectivity index (χ0n) is 14.2. The Kier molecular flexibility index (Phi) is 4.81. The Morgan fingerprint density at radius 3 is 2.50 bits per heavy atom. The molecule has 0 aliphatic heterocycles. The standard InChI is InChI=1S/C18H28N2O2/c1-13-7-8-14(18(12-19)9-5-6-10-18)11-15(13)20-16(21)22-17(2,3)4/h7-8,11H,5-6,9-10,12,19H2,1-4H3,(H,20,21). The second-order valence-electron chi connectivity index (χ2n) is 7.35. The van der Waals surface area contributed by atoms with Crippen LogP contribution in [0.3, 0.4) is 0 Å². The molecule has 4 nitrogen and oxygen atoms in total. The summed E-state index contributed by atoms with van der Waals surface area (Å²) in [6, 6.07) is 6.27. The van der Waals surface area contributed by atoms with E-state index in [2.05, 4.69) is 23.5 Å². The maximum atomic E-state index is 12.0. The molecule has 0 atom stereocenters. The van der Waals surface area contributed by atoms with Gasteiger partial charge in [-0.2, -0.15) is 0 Å². The molecule has 1 fully saturated rings. The second-order valence-corrected chi connectivity index (χ2v) is 7.35. The first-order chi connectivity index (χ1) is 10.3. The number of aryl methyl sites for hydroxylation is 1. The SMILES string of the molecule is Cc1ccc(C2(CN)CCCC2)cc1NC(=O)OC(C)(C)C. The van der Waals surface area contributed by atoms with E-state index in [-0.39, 0.29) is 5.41 Å². The largest absolute Gasteiger partial charge is 0.444 e. The maximum Gasteiger partial charge on any atom is 0.412 e. The van der Waals surface area contributed by atoms with Crippen molar-refractivity contribution in [3.8, 4) is 0 Å². The smallest absolute Gasteiger partial charge is 0.412 e. The second kappa shape index (κ2) is 6.29. The van der Waals surface area contributed by atoms with Crippen LogP contribution in [0.25, 0.3) is 0 Å². The van der Waals surface area contributed by atoms with Crippen molar-refractivity contribution in [2.24, 2.45) is 5.73 Å². The quantitative estimate of drug-likeness (QED) is 0.883. The summed E-state index contributed by atoms with van der Waals surface area (Å²) in [5.41, 5.74) is 8.69. The van der Waals surface area contributed by atoms with Gasteiger partial charge in [-0.3, -0.25) is 5.32 Å². The number of nitrogens with one attached hydrogen (secondary N) is 1. The number of nitrogens with two attached hydrogens (primary N) is 1. The third kappa shape index (κ3) is 3.80. The van der Waals surface area contributed by atoms with Crippen molar-refractivity contribution >= 4 is 11.8 Å². The van der Waals surface area contributed by atoms with Gasteiger partial charge >= 0.3 is 6.09 Å². The van der Waals surface area contributed by atoms with Gasteiger partial charge in [0.05, 0.1) is 0 Å². The van der Waals surface area contributed by atoms with Crippen LogP contribution in [0.15, 0.2) is 18.2 Å². The van der Waals surface area contributed by atoms with Gasteiger partial charge in [0.1, 0.15) is 5.60 Å². The lowest BCUT2D eigenvalue weighted by molar-refractivity contribution is 0.0636. The van der Waals surface area contributed by atoms with Crippen LogP contribution in [0.1, 0.15) is 57.6 Å². The molecule has 0 spiro atoms. The minimum atomic E-state index is -0.500. The normalized spacial score (nSPS) is 17.3. The highest BCUT2D eigenvalue weighted by Gasteiger charge is 2.34. The lowest BCUT2D eigenvalue weighted by Gasteiger charge is -2.29. The van der Waals surface area contributed by atoms with Crippen LogP contribution in [0, 0.1) is 6.92 Å². The minimum absolute atomic E-state index is 0.0675. The molecule has 1 saturated carbocycles. The fraction of sp³-hybridized carbons (Fsp3) is 0.611. The summed E-state index contributed by atoms with van der Waals surface area (Å²) in [7, 11) is 0. The number of carbonyl (C=O) groups is 1. The van der Waals surface area contributed by atoms with Crippen LogP contribution < -0.4 is 11.1 Å². The maximum absolute atomic E-state index is 12.0. The van der Waals surface area contributed by atoms with Crippen LogP contribution in [0.2, 0.25) is 0 Å². The molecule has 1 aromatic carbocycles. The molecule has 1 amide bonds. The number of hydrogen-bond acceptors (Lipinski definition) is 3. The summed E-state index contributed by atoms with van der Waals surface area (Å²) in [5.74, 6) is 0. The Hall–Kier alpha value is -1.55. The van der Waals surface area contributed by atoms with E-state index in [1.54, 1.807) is 0 Å². The molecule has 1 aromatic rings. The summed E-state index contributed by atoms with van der Waals surface area (Å²) >= 11 is 0. The highest BCUT2D eigenvalue weighted by Crippen LogP contribution is 2.41. The van der Waals surface area contributed by atoms with Crippen molar-refractivity contribution in [1.82, 2.24) is 0 Å². The van der Waals surface area contributed by atoms with Crippen molar-refractivity contribution < 1.29 is 9.53 Å². The van der Waals surface area contributed by atoms with E-state index in [9.17, 15) is 4.79 Å². The Morgan fingerprint density at radius 2 is 1.95 bits per heavy atom. The summed E-state index contributed by atoms with van der Waals surface area (Å²) in [4.78, 5) is 12.0. The van der Waals surface area contributed by atoms with Crippen molar-refractivity contribution in [2.45, 2.75) is 64.4 Å². The molecule has 0 aromatic heterocycles. The molecule has 0 heterocycles. The van der Waals surface area contributed by atoms with E-state index in [4.69, 9.17) is 10.5 Å². The Morgan fingerprint density at radius 1 is 1.32 bits per heavy atom. The lowest BCUT2D eigenvalue weighted by atomic mass is 9.78. The first-order valence-electron chi connectivity index (χ1n) is 8.07. The molecular weight excluding hydrogens is 276 g/mol. The van der Waals surface area contributed by atoms with Crippen molar-refractivity contribution in [3.05, 3.63) is 29.3 Å². The molecule has 122 valence electrons. The molecule has 22 heavy (non-hydrogen) atoms. The third-order valence-electron chi connectivity index (χ3n) is 4.44. The van der Waals surface area contributed by atoms with Crippen molar-refractivity contribution in [3.63, 3.8) is 0 Å². The van der Waals surface area contributed by atoms with Gasteiger partial charge < -0.3 is 10.5 Å². The summed E-state index contributed by atoms with van der Waals surface area (Å²) in [6.07, 6.45) is 4.28. The first-order valence-corrected chi connectivity index (χ1v) is 8.07. The highest BCUT2D eigenvalue weighted by molar-refractivity contribution is 5.86. The third-order valence-corrected chi connectivity index (χ3v) is 4.44. The average Bonchev–Trinajstić information content (AvgIpc) is 2.89. The zero-order chi connectivity index (χ0) is 16.4. The fourth-order valence-corrected chi connectivity index (χ4v) is 3.16. The highest BCUT2D eigenvalue weighted by atomic mass is 16.6. The topological polar surface area (TPSA) is 64.3 Å². The summed E-state index contributed by atoms with van der Waals surface area (Å²) < 4.78 is 5.34. The van der Waals surface area contributed by atoms with Gasteiger partial charge in [0.15, 0.2) is 0 Å². The Bertz CT molecular complexity index is 541. The van der Waals surface area contributed by atoms with Crippen LogP contribution in [-0.4, -0.2) is 18.2 Å². The van der Waals surface area contributed by atoms with E-state index < -0.39 is 11.7 Å². The van der Waals surface area contributed by atoms with Crippen molar-refractivity contribution in [1.29, 1.82) is 0 Å². The number of rotatable bonds is 3. The van der Waals surface area contributed by atoms with Gasteiger partial charge in [0, 0.05) is 17.6 Å². The molecule has 0 radical (unpaired) electrons. The predicted molar refractivity (Wildman–Crippen MR) is 90.2 cm³/mol. The molecule has 0 saturated heterocycles. The first kappa shape index (κ1) is 16.8. The number of ether oxygens (including phenoxy) is 1. The lowest BCUT2D eigenvalue weighted by Crippen LogP contribution is -2.32. The number of anilines is 1. The summed E-state index contributed by atoms with van der Waals surface area (Å²) in [5, 5.41) is 2.87. The van der Waals surface area contributed by atoms with Crippen LogP contribution in [0.5, 0.6) is 0 Å². The van der Waals surface area contributed by atoms with Gasteiger partial charge in [0.2, 0.25) is 0 Å². The van der Waals surface area contributed by atoms with E-state index >= 15 is 0 Å². The summed E-state index contributed by atoms with van der Waals surface area (Å²) in [6.45, 7) is 8.22. The molecule has 0 unspecified atom stereocenters. The van der Waals surface area contributed by atoms with Crippen LogP contribution in [0.4, 0.5) is 10.5 Å². The van der Waals surface area contributed by atoms with Gasteiger partial charge in [-0.25, -0.2) is 4.79 Å². The minimum Gasteiger partial charge on any atom is -0.444 e. The average molecular weight is 304 g/mol. The van der Waals surface area contributed by atoms with Crippen molar-refractivity contribution in [2.75, 3.05) is 11.9 Å². The molecule has 1 aliphatic carbocycles. The van der Waals surface area contributed by atoms with E-state index in [1.165, 1.54) is 18.4 Å². The molecule has 3 N–H and O–H groups in total. The van der Waals surface area contributed by atoms with Gasteiger partial charge in [-0.15, -0.1) is 0 Å². The predicted octanol–water partition coefficient (Wildman–Crippen LogP) is 4.11. The monoisotopic (exact) mass is 304 g/mol. The van der Waals surface area contributed by atoms with Gasteiger partial charge in [-0.1, -0.05) is 25.0 Å². The molecule has 1 aliphatic rings. The number of benzene rings is 1. The molecule has 0 bridgehead atoms. The molecular formula is C18H28N2O2. The Balaban J connectivity index is 2.22. The fourth-order valence-electron chi connectivity index (χ4n) is 3.16.